The Balaban J connectivity index is 1.78. The van der Waals surface area contributed by atoms with Gasteiger partial charge in [0.25, 0.3) is 0 Å². The molecule has 2 heterocycles. The predicted octanol–water partition coefficient (Wildman–Crippen LogP) is 1.21. The zero-order chi connectivity index (χ0) is 22.0. The van der Waals surface area contributed by atoms with E-state index in [1.807, 2.05) is 6.92 Å². The first-order valence-electron chi connectivity index (χ1n) is 9.65. The van der Waals surface area contributed by atoms with Gasteiger partial charge in [0, 0.05) is 18.4 Å². The molecule has 0 saturated carbocycles. The molecule has 0 spiro atoms. The molecule has 0 amide bonds. The van der Waals surface area contributed by atoms with Gasteiger partial charge < -0.3 is 20.1 Å². The van der Waals surface area contributed by atoms with Crippen molar-refractivity contribution >= 4 is 29.6 Å². The molecule has 0 bridgehead atoms. The summed E-state index contributed by atoms with van der Waals surface area (Å²) in [5, 5.41) is 22.5. The van der Waals surface area contributed by atoms with Crippen LogP contribution in [0.5, 0.6) is 6.01 Å². The molecule has 3 N–H and O–H groups in total. The number of methoxy groups -OCH3 is 1. The third-order valence-electron chi connectivity index (χ3n) is 4.67. The topological polar surface area (TPSA) is 118 Å². The molecular weight excluding hydrogens is 402 g/mol. The largest absolute Gasteiger partial charge is 0.490 e. The minimum atomic E-state index is -1.69. The van der Waals surface area contributed by atoms with Gasteiger partial charge in [0.05, 0.1) is 18.1 Å². The molecule has 4 aromatic rings. The van der Waals surface area contributed by atoms with E-state index in [1.165, 1.54) is 19.2 Å². The van der Waals surface area contributed by atoms with Crippen LogP contribution >= 0.6 is 0 Å². The normalized spacial score (nSPS) is 11.0. The third-order valence-corrected chi connectivity index (χ3v) is 4.67. The standard InChI is InChI=1S/C20H20BFN6O3/c1-3-16-24-18(23-11-12-6-4-7-13(22)10-12)27-19(25-16)28-15-9-5-8-14(21(29)30)17(15)26-20(28)31-2/h4-10,29-30H,3,11H2,1-2H3,(H,23,24,25,27). The number of hydrogen-bond acceptors (Lipinski definition) is 8. The number of nitrogens with zero attached hydrogens (tertiary/aromatic N) is 5. The fourth-order valence-corrected chi connectivity index (χ4v) is 3.21. The van der Waals surface area contributed by atoms with E-state index in [0.717, 1.165) is 5.56 Å². The molecule has 2 aromatic carbocycles. The van der Waals surface area contributed by atoms with Gasteiger partial charge in [-0.15, -0.1) is 0 Å². The van der Waals surface area contributed by atoms with Crippen molar-refractivity contribution in [3.8, 4) is 12.0 Å². The highest BCUT2D eigenvalue weighted by atomic mass is 19.1. The molecule has 31 heavy (non-hydrogen) atoms. The van der Waals surface area contributed by atoms with Crippen LogP contribution in [-0.4, -0.2) is 48.8 Å². The highest BCUT2D eigenvalue weighted by Crippen LogP contribution is 2.24. The molecule has 0 radical (unpaired) electrons. The number of hydrogen-bond donors (Lipinski definition) is 3. The molecule has 0 unspecified atom stereocenters. The number of rotatable bonds is 7. The van der Waals surface area contributed by atoms with Crippen molar-refractivity contribution in [1.29, 1.82) is 0 Å². The molecule has 11 heteroatoms. The quantitative estimate of drug-likeness (QED) is 0.381. The number of halogens is 1. The average molecular weight is 422 g/mol. The summed E-state index contributed by atoms with van der Waals surface area (Å²) in [5.74, 6) is 0.793. The number of benzene rings is 2. The van der Waals surface area contributed by atoms with Crippen molar-refractivity contribution in [2.24, 2.45) is 0 Å². The molecule has 0 aliphatic rings. The number of imidazole rings is 1. The number of ether oxygens (including phenoxy) is 1. The van der Waals surface area contributed by atoms with E-state index in [1.54, 1.807) is 34.9 Å². The van der Waals surface area contributed by atoms with Crippen LogP contribution in [0.3, 0.4) is 0 Å². The number of fused-ring (bicyclic) bond motifs is 1. The number of para-hydroxylation sites is 1. The van der Waals surface area contributed by atoms with Crippen LogP contribution in [-0.2, 0) is 13.0 Å². The maximum Gasteiger partial charge on any atom is 0.490 e. The lowest BCUT2D eigenvalue weighted by molar-refractivity contribution is 0.374. The van der Waals surface area contributed by atoms with E-state index in [9.17, 15) is 14.4 Å². The highest BCUT2D eigenvalue weighted by Gasteiger charge is 2.23. The van der Waals surface area contributed by atoms with Crippen LogP contribution in [0.2, 0.25) is 0 Å². The first kappa shape index (κ1) is 20.7. The Morgan fingerprint density at radius 2 is 1.90 bits per heavy atom. The van der Waals surface area contributed by atoms with Crippen molar-refractivity contribution in [3.63, 3.8) is 0 Å². The third kappa shape index (κ3) is 4.18. The molecule has 4 rings (SSSR count). The second-order valence-electron chi connectivity index (χ2n) is 6.73. The molecule has 0 saturated heterocycles. The van der Waals surface area contributed by atoms with Gasteiger partial charge in [-0.25, -0.2) is 8.96 Å². The van der Waals surface area contributed by atoms with Gasteiger partial charge >= 0.3 is 13.1 Å². The maximum atomic E-state index is 13.5. The van der Waals surface area contributed by atoms with Crippen molar-refractivity contribution in [2.45, 2.75) is 19.9 Å². The first-order chi connectivity index (χ1) is 15.0. The number of anilines is 1. The Bertz CT molecular complexity index is 1230. The molecule has 0 fully saturated rings. The molecule has 9 nitrogen and oxygen atoms in total. The van der Waals surface area contributed by atoms with Crippen LogP contribution in [0.1, 0.15) is 18.3 Å². The highest BCUT2D eigenvalue weighted by molar-refractivity contribution is 6.61. The lowest BCUT2D eigenvalue weighted by Crippen LogP contribution is -2.30. The summed E-state index contributed by atoms with van der Waals surface area (Å²) in [6.07, 6.45) is 0.555. The van der Waals surface area contributed by atoms with Gasteiger partial charge in [-0.3, -0.25) is 0 Å². The zero-order valence-electron chi connectivity index (χ0n) is 16.9. The van der Waals surface area contributed by atoms with Crippen LogP contribution in [0.25, 0.3) is 17.0 Å². The van der Waals surface area contributed by atoms with Crippen molar-refractivity contribution in [2.75, 3.05) is 12.4 Å². The van der Waals surface area contributed by atoms with Crippen LogP contribution in [0.15, 0.2) is 42.5 Å². The monoisotopic (exact) mass is 422 g/mol. The average Bonchev–Trinajstić information content (AvgIpc) is 3.16. The molecule has 0 aliphatic heterocycles. The lowest BCUT2D eigenvalue weighted by Gasteiger charge is -2.11. The Labute approximate surface area is 177 Å². The SMILES string of the molecule is CCc1nc(NCc2cccc(F)c2)nc(-n2c(OC)nc3c(B(O)O)cccc32)n1. The number of aromatic nitrogens is 5. The second-order valence-corrected chi connectivity index (χ2v) is 6.73. The summed E-state index contributed by atoms with van der Waals surface area (Å²) in [6, 6.07) is 11.4. The van der Waals surface area contributed by atoms with Gasteiger partial charge in [-0.1, -0.05) is 31.2 Å². The van der Waals surface area contributed by atoms with E-state index >= 15 is 0 Å². The zero-order valence-corrected chi connectivity index (χ0v) is 16.9. The predicted molar refractivity (Wildman–Crippen MR) is 114 cm³/mol. The molecule has 0 atom stereocenters. The molecule has 0 aliphatic carbocycles. The van der Waals surface area contributed by atoms with Gasteiger partial charge in [-0.2, -0.15) is 19.9 Å². The molecule has 2 aromatic heterocycles. The summed E-state index contributed by atoms with van der Waals surface area (Å²) in [7, 11) is -0.234. The summed E-state index contributed by atoms with van der Waals surface area (Å²) in [4.78, 5) is 17.8. The Morgan fingerprint density at radius 3 is 2.61 bits per heavy atom. The van der Waals surface area contributed by atoms with Gasteiger partial charge in [0.15, 0.2) is 0 Å². The van der Waals surface area contributed by atoms with Crippen LogP contribution in [0.4, 0.5) is 10.3 Å². The first-order valence-corrected chi connectivity index (χ1v) is 9.65. The molecule has 158 valence electrons. The van der Waals surface area contributed by atoms with Crippen molar-refractivity contribution in [1.82, 2.24) is 24.5 Å². The maximum absolute atomic E-state index is 13.5. The van der Waals surface area contributed by atoms with E-state index in [-0.39, 0.29) is 23.2 Å². The van der Waals surface area contributed by atoms with Gasteiger partial charge in [-0.05, 0) is 23.8 Å². The van der Waals surface area contributed by atoms with Crippen LogP contribution < -0.4 is 15.5 Å². The fourth-order valence-electron chi connectivity index (χ4n) is 3.21. The lowest BCUT2D eigenvalue weighted by atomic mass is 9.79. The Kier molecular flexibility index (Phi) is 5.78. The summed E-state index contributed by atoms with van der Waals surface area (Å²) >= 11 is 0. The number of nitrogens with one attached hydrogen (secondary N) is 1. The smallest absolute Gasteiger partial charge is 0.468 e. The van der Waals surface area contributed by atoms with E-state index < -0.39 is 7.12 Å². The van der Waals surface area contributed by atoms with E-state index in [4.69, 9.17) is 4.74 Å². The summed E-state index contributed by atoms with van der Waals surface area (Å²) in [6.45, 7) is 2.24. The fraction of sp³-hybridized carbons (Fsp3) is 0.200. The minimum absolute atomic E-state index is 0.187. The van der Waals surface area contributed by atoms with E-state index in [2.05, 4.69) is 25.3 Å². The Hall–Kier alpha value is -3.57. The van der Waals surface area contributed by atoms with Gasteiger partial charge in [0.2, 0.25) is 11.9 Å². The van der Waals surface area contributed by atoms with E-state index in [0.29, 0.717) is 35.8 Å². The summed E-state index contributed by atoms with van der Waals surface area (Å²) < 4.78 is 20.4. The van der Waals surface area contributed by atoms with Crippen molar-refractivity contribution in [3.05, 3.63) is 59.7 Å². The minimum Gasteiger partial charge on any atom is -0.468 e. The van der Waals surface area contributed by atoms with Crippen molar-refractivity contribution < 1.29 is 19.2 Å². The molecular formula is C20H20BFN6O3. The number of aryl methyl sites for hydroxylation is 1. The summed E-state index contributed by atoms with van der Waals surface area (Å²) in [5.41, 5.74) is 1.89. The second kappa shape index (κ2) is 8.66. The Morgan fingerprint density at radius 1 is 1.10 bits per heavy atom. The van der Waals surface area contributed by atoms with Gasteiger partial charge in [0.1, 0.15) is 11.6 Å². The van der Waals surface area contributed by atoms with Crippen LogP contribution in [0, 0.1) is 5.82 Å².